The summed E-state index contributed by atoms with van der Waals surface area (Å²) in [7, 11) is 0. The first-order valence-electron chi connectivity index (χ1n) is 6.71. The number of hydrogen-bond donors (Lipinski definition) is 0. The monoisotopic (exact) mass is 345 g/mol. The van der Waals surface area contributed by atoms with Gasteiger partial charge in [-0.1, -0.05) is 0 Å². The van der Waals surface area contributed by atoms with Crippen LogP contribution in [0.2, 0.25) is 0 Å². The van der Waals surface area contributed by atoms with Crippen LogP contribution in [0.3, 0.4) is 0 Å². The van der Waals surface area contributed by atoms with Gasteiger partial charge in [0.2, 0.25) is 17.5 Å². The molecule has 0 saturated heterocycles. The van der Waals surface area contributed by atoms with E-state index in [1.54, 1.807) is 24.3 Å². The van der Waals surface area contributed by atoms with Crippen molar-refractivity contribution in [2.24, 2.45) is 0 Å². The Morgan fingerprint density at radius 1 is 0.769 bits per heavy atom. The number of nitriles is 4. The van der Waals surface area contributed by atoms with Crippen LogP contribution in [0.25, 0.3) is 11.3 Å². The van der Waals surface area contributed by atoms with Crippen molar-refractivity contribution in [2.45, 2.75) is 0 Å². The lowest BCUT2D eigenvalue weighted by Gasteiger charge is -2.20. The van der Waals surface area contributed by atoms with Crippen LogP contribution in [0.15, 0.2) is 6.07 Å². The molecule has 0 fully saturated rings. The van der Waals surface area contributed by atoms with E-state index in [9.17, 15) is 39.4 Å². The first-order valence-corrected chi connectivity index (χ1v) is 6.71. The first kappa shape index (κ1) is 16.4. The zero-order valence-corrected chi connectivity index (χ0v) is 12.4. The van der Waals surface area contributed by atoms with Gasteiger partial charge in [0.05, 0.1) is 39.1 Å². The minimum absolute atomic E-state index is 0.446. The van der Waals surface area contributed by atoms with Gasteiger partial charge in [-0.3, -0.25) is 9.59 Å². The maximum Gasteiger partial charge on any atom is 0.249 e. The highest BCUT2D eigenvalue weighted by molar-refractivity contribution is 6.53. The highest BCUT2D eigenvalue weighted by atomic mass is 19.2. The number of nitrogens with zero attached hydrogens (tertiary/aromatic N) is 5. The molecule has 1 aromatic heterocycles. The average molecular weight is 345 g/mol. The van der Waals surface area contributed by atoms with E-state index in [1.165, 1.54) is 0 Å². The quantitative estimate of drug-likeness (QED) is 0.524. The number of pyridine rings is 1. The number of carbonyl (C=O) groups excluding carboxylic acids is 2. The van der Waals surface area contributed by atoms with E-state index in [-0.39, 0.29) is 0 Å². The lowest BCUT2D eigenvalue weighted by atomic mass is 9.78. The summed E-state index contributed by atoms with van der Waals surface area (Å²) in [5.74, 6) is -5.63. The molecule has 0 atom stereocenters. The molecule has 0 spiro atoms. The first-order chi connectivity index (χ1) is 12.4. The molecule has 0 amide bonds. The van der Waals surface area contributed by atoms with Crippen LogP contribution >= 0.6 is 0 Å². The summed E-state index contributed by atoms with van der Waals surface area (Å²) in [6.45, 7) is 0. The molecule has 0 aliphatic heterocycles. The van der Waals surface area contributed by atoms with Crippen LogP contribution in [-0.4, -0.2) is 16.6 Å². The van der Waals surface area contributed by atoms with Gasteiger partial charge >= 0.3 is 0 Å². The topological polar surface area (TPSA) is 142 Å². The molecule has 1 heterocycles. The predicted molar refractivity (Wildman–Crippen MR) is 77.1 cm³/mol. The van der Waals surface area contributed by atoms with E-state index in [0.717, 1.165) is 0 Å². The Labute approximate surface area is 143 Å². The Balaban J connectivity index is 2.68. The molecule has 1 aromatic carbocycles. The summed E-state index contributed by atoms with van der Waals surface area (Å²) in [5.41, 5.74) is -4.43. The van der Waals surface area contributed by atoms with E-state index < -0.39 is 68.0 Å². The molecule has 2 aromatic rings. The molecule has 0 radical (unpaired) electrons. The maximum atomic E-state index is 13.6. The third kappa shape index (κ3) is 1.89. The Hall–Kier alpha value is -4.47. The number of benzene rings is 1. The molecule has 0 N–H and O–H groups in total. The third-order valence-corrected chi connectivity index (χ3v) is 3.80. The molecular formula is C17HF2N5O2. The SMILES string of the molecule is N#Cc1c(C#N)c(C#N)c2c(c1C#N)C(=O)C(=O)c1cc(F)c(F)nc1-2. The second-order valence-electron chi connectivity index (χ2n) is 5.01. The highest BCUT2D eigenvalue weighted by Crippen LogP contribution is 2.40. The predicted octanol–water partition coefficient (Wildman–Crippen LogP) is 1.89. The van der Waals surface area contributed by atoms with Gasteiger partial charge in [0.1, 0.15) is 24.3 Å². The van der Waals surface area contributed by atoms with E-state index in [4.69, 9.17) is 0 Å². The molecular weight excluding hydrogens is 344 g/mol. The van der Waals surface area contributed by atoms with E-state index >= 15 is 0 Å². The van der Waals surface area contributed by atoms with Crippen LogP contribution < -0.4 is 0 Å². The van der Waals surface area contributed by atoms with Crippen molar-refractivity contribution >= 4 is 11.6 Å². The van der Waals surface area contributed by atoms with Crippen LogP contribution in [0.5, 0.6) is 0 Å². The molecule has 0 saturated carbocycles. The van der Waals surface area contributed by atoms with Crippen molar-refractivity contribution in [1.82, 2.24) is 4.98 Å². The Morgan fingerprint density at radius 2 is 1.27 bits per heavy atom. The lowest BCUT2D eigenvalue weighted by molar-refractivity contribution is 0.0814. The van der Waals surface area contributed by atoms with Crippen molar-refractivity contribution in [3.05, 3.63) is 51.2 Å². The Morgan fingerprint density at radius 3 is 1.77 bits per heavy atom. The lowest BCUT2D eigenvalue weighted by Crippen LogP contribution is -2.26. The third-order valence-electron chi connectivity index (χ3n) is 3.80. The zero-order chi connectivity index (χ0) is 19.2. The molecule has 3 rings (SSSR count). The van der Waals surface area contributed by atoms with Crippen molar-refractivity contribution in [3.63, 3.8) is 0 Å². The number of fused-ring (bicyclic) bond motifs is 3. The van der Waals surface area contributed by atoms with Gasteiger partial charge < -0.3 is 0 Å². The molecule has 1 aliphatic rings. The number of hydrogen-bond acceptors (Lipinski definition) is 7. The summed E-state index contributed by atoms with van der Waals surface area (Å²) >= 11 is 0. The fraction of sp³-hybridized carbons (Fsp3) is 0. The fourth-order valence-corrected chi connectivity index (χ4v) is 2.73. The molecule has 7 nitrogen and oxygen atoms in total. The van der Waals surface area contributed by atoms with Crippen molar-refractivity contribution < 1.29 is 18.4 Å². The minimum Gasteiger partial charge on any atom is -0.285 e. The van der Waals surface area contributed by atoms with Crippen LogP contribution in [0.4, 0.5) is 8.78 Å². The average Bonchev–Trinajstić information content (AvgIpc) is 2.65. The summed E-state index contributed by atoms with van der Waals surface area (Å²) in [6, 6.07) is 6.76. The van der Waals surface area contributed by atoms with Gasteiger partial charge in [-0.05, 0) is 6.07 Å². The Bertz CT molecular complexity index is 1240. The summed E-state index contributed by atoms with van der Waals surface area (Å²) < 4.78 is 27.1. The van der Waals surface area contributed by atoms with E-state index in [0.29, 0.717) is 6.07 Å². The fourth-order valence-electron chi connectivity index (χ4n) is 2.73. The van der Waals surface area contributed by atoms with Gasteiger partial charge in [0, 0.05) is 5.56 Å². The van der Waals surface area contributed by atoms with Gasteiger partial charge in [-0.2, -0.15) is 25.4 Å². The molecule has 26 heavy (non-hydrogen) atoms. The summed E-state index contributed by atoms with van der Waals surface area (Å²) in [5, 5.41) is 37.2. The van der Waals surface area contributed by atoms with Gasteiger partial charge in [-0.15, -0.1) is 0 Å². The molecule has 9 heteroatoms. The van der Waals surface area contributed by atoms with Gasteiger partial charge in [-0.25, -0.2) is 9.37 Å². The number of carbonyl (C=O) groups is 2. The standard InChI is InChI=1S/C17HF2N5O2/c18-11-1-6-14(24-17(11)19)12-9(4-22)7(2-20)8(3-21)10(5-23)13(12)16(26)15(6)25/h1H. The highest BCUT2D eigenvalue weighted by Gasteiger charge is 2.39. The summed E-state index contributed by atoms with van der Waals surface area (Å²) in [4.78, 5) is 28.0. The largest absolute Gasteiger partial charge is 0.285 e. The van der Waals surface area contributed by atoms with Crippen LogP contribution in [0.1, 0.15) is 43.0 Å². The van der Waals surface area contributed by atoms with Crippen LogP contribution in [-0.2, 0) is 0 Å². The van der Waals surface area contributed by atoms with Crippen molar-refractivity contribution in [2.75, 3.05) is 0 Å². The zero-order valence-electron chi connectivity index (χ0n) is 12.4. The summed E-state index contributed by atoms with van der Waals surface area (Å²) in [6.07, 6.45) is 0. The maximum absolute atomic E-state index is 13.6. The minimum atomic E-state index is -1.60. The smallest absolute Gasteiger partial charge is 0.249 e. The van der Waals surface area contributed by atoms with E-state index in [2.05, 4.69) is 4.98 Å². The normalized spacial score (nSPS) is 11.5. The molecule has 120 valence electrons. The number of rotatable bonds is 0. The second kappa shape index (κ2) is 5.56. The number of halogens is 2. The van der Waals surface area contributed by atoms with Gasteiger partial charge in [0.25, 0.3) is 0 Å². The van der Waals surface area contributed by atoms with Crippen molar-refractivity contribution in [1.29, 1.82) is 21.0 Å². The number of Topliss-reactive ketones (excluding diaryl/α,β-unsaturated/α-hetero) is 2. The molecule has 1 aliphatic carbocycles. The number of ketones is 2. The van der Waals surface area contributed by atoms with E-state index in [1.807, 2.05) is 0 Å². The Kier molecular flexibility index (Phi) is 3.50. The molecule has 0 unspecified atom stereocenters. The van der Waals surface area contributed by atoms with Crippen LogP contribution in [0, 0.1) is 57.1 Å². The van der Waals surface area contributed by atoms with Crippen molar-refractivity contribution in [3.8, 4) is 35.5 Å². The van der Waals surface area contributed by atoms with Gasteiger partial charge in [0.15, 0.2) is 5.82 Å². The second-order valence-corrected chi connectivity index (χ2v) is 5.01. The molecule has 0 bridgehead atoms. The number of aromatic nitrogens is 1.